The summed E-state index contributed by atoms with van der Waals surface area (Å²) in [6.07, 6.45) is 3.72. The standard InChI is InChI=1S/C16H24N4O5/c1-2-3-4-5-8-18-13(16(22)23)10-15(21)19-11-6-7-12(17)14(9-11)20(24)25/h6-7,9,13,18H,2-5,8,10,17H2,1H3,(H,19,21)(H,22,23). The van der Waals surface area contributed by atoms with Crippen molar-refractivity contribution in [2.24, 2.45) is 0 Å². The van der Waals surface area contributed by atoms with E-state index in [2.05, 4.69) is 17.6 Å². The van der Waals surface area contributed by atoms with Gasteiger partial charge in [0.05, 0.1) is 11.3 Å². The number of carboxylic acid groups (broad SMARTS) is 1. The predicted molar refractivity (Wildman–Crippen MR) is 94.3 cm³/mol. The fraction of sp³-hybridized carbons (Fsp3) is 0.500. The average Bonchev–Trinajstić information content (AvgIpc) is 2.54. The van der Waals surface area contributed by atoms with E-state index in [4.69, 9.17) is 5.73 Å². The molecule has 1 aromatic rings. The van der Waals surface area contributed by atoms with Crippen LogP contribution < -0.4 is 16.4 Å². The van der Waals surface area contributed by atoms with Crippen molar-refractivity contribution in [3.8, 4) is 0 Å². The summed E-state index contributed by atoms with van der Waals surface area (Å²) in [5.41, 5.74) is 5.35. The van der Waals surface area contributed by atoms with Gasteiger partial charge in [-0.05, 0) is 25.1 Å². The second-order valence-electron chi connectivity index (χ2n) is 5.69. The van der Waals surface area contributed by atoms with Crippen molar-refractivity contribution in [2.45, 2.75) is 45.1 Å². The van der Waals surface area contributed by atoms with Gasteiger partial charge in [0.15, 0.2) is 0 Å². The van der Waals surface area contributed by atoms with Gasteiger partial charge in [-0.2, -0.15) is 0 Å². The minimum Gasteiger partial charge on any atom is -0.480 e. The second-order valence-corrected chi connectivity index (χ2v) is 5.69. The first kappa shape index (κ1) is 20.4. The van der Waals surface area contributed by atoms with E-state index in [0.29, 0.717) is 6.54 Å². The van der Waals surface area contributed by atoms with Gasteiger partial charge in [-0.3, -0.25) is 19.7 Å². The number of rotatable bonds is 11. The zero-order valence-corrected chi connectivity index (χ0v) is 14.2. The minimum atomic E-state index is -1.12. The normalized spacial score (nSPS) is 11.7. The zero-order valence-electron chi connectivity index (χ0n) is 14.2. The number of hydrogen-bond acceptors (Lipinski definition) is 6. The van der Waals surface area contributed by atoms with Crippen LogP contribution in [0.3, 0.4) is 0 Å². The average molecular weight is 352 g/mol. The molecule has 0 aliphatic rings. The van der Waals surface area contributed by atoms with E-state index in [0.717, 1.165) is 31.7 Å². The Morgan fingerprint density at radius 1 is 1.32 bits per heavy atom. The number of nitrogens with zero attached hydrogens (tertiary/aromatic N) is 1. The van der Waals surface area contributed by atoms with Gasteiger partial charge in [0.1, 0.15) is 11.7 Å². The molecular weight excluding hydrogens is 328 g/mol. The first-order chi connectivity index (χ1) is 11.8. The Labute approximate surface area is 145 Å². The highest BCUT2D eigenvalue weighted by Gasteiger charge is 2.21. The molecule has 0 saturated carbocycles. The van der Waals surface area contributed by atoms with Crippen LogP contribution in [0.5, 0.6) is 0 Å². The highest BCUT2D eigenvalue weighted by Crippen LogP contribution is 2.25. The Morgan fingerprint density at radius 3 is 2.64 bits per heavy atom. The molecule has 0 spiro atoms. The maximum Gasteiger partial charge on any atom is 0.321 e. The number of nitro groups is 1. The fourth-order valence-electron chi connectivity index (χ4n) is 2.25. The predicted octanol–water partition coefficient (Wildman–Crippen LogP) is 2.13. The second kappa shape index (κ2) is 10.2. The SMILES string of the molecule is CCCCCCNC(CC(=O)Nc1ccc(N)c([N+](=O)[O-])c1)C(=O)O. The van der Waals surface area contributed by atoms with E-state index < -0.39 is 22.8 Å². The maximum atomic E-state index is 12.0. The van der Waals surface area contributed by atoms with Crippen LogP contribution in [0.2, 0.25) is 0 Å². The number of nitrogens with two attached hydrogens (primary N) is 1. The number of benzene rings is 1. The van der Waals surface area contributed by atoms with Gasteiger partial charge >= 0.3 is 5.97 Å². The molecule has 0 radical (unpaired) electrons. The van der Waals surface area contributed by atoms with Gasteiger partial charge in [-0.25, -0.2) is 0 Å². The molecule has 0 heterocycles. The largest absolute Gasteiger partial charge is 0.480 e. The number of carbonyl (C=O) groups is 2. The summed E-state index contributed by atoms with van der Waals surface area (Å²) in [5.74, 6) is -1.67. The molecule has 0 saturated heterocycles. The number of unbranched alkanes of at least 4 members (excludes halogenated alkanes) is 3. The Morgan fingerprint density at radius 2 is 2.04 bits per heavy atom. The Balaban J connectivity index is 2.58. The first-order valence-electron chi connectivity index (χ1n) is 8.15. The Bertz CT molecular complexity index is 621. The molecule has 0 bridgehead atoms. The van der Waals surface area contributed by atoms with Crippen molar-refractivity contribution in [1.82, 2.24) is 5.32 Å². The molecule has 5 N–H and O–H groups in total. The number of nitrogen functional groups attached to an aromatic ring is 1. The van der Waals surface area contributed by atoms with E-state index in [1.54, 1.807) is 0 Å². The summed E-state index contributed by atoms with van der Waals surface area (Å²) in [6.45, 7) is 2.59. The zero-order chi connectivity index (χ0) is 18.8. The van der Waals surface area contributed by atoms with Crippen LogP contribution in [0.1, 0.15) is 39.0 Å². The molecule has 9 heteroatoms. The molecule has 25 heavy (non-hydrogen) atoms. The van der Waals surface area contributed by atoms with Crippen molar-refractivity contribution in [3.05, 3.63) is 28.3 Å². The molecular formula is C16H24N4O5. The molecule has 1 rings (SSSR count). The molecule has 1 aromatic carbocycles. The number of nitro benzene ring substituents is 1. The Hall–Kier alpha value is -2.68. The summed E-state index contributed by atoms with van der Waals surface area (Å²) in [6, 6.07) is 2.87. The quantitative estimate of drug-likeness (QED) is 0.206. The third-order valence-electron chi connectivity index (χ3n) is 3.62. The van der Waals surface area contributed by atoms with Gasteiger partial charge in [-0.15, -0.1) is 0 Å². The molecule has 1 unspecified atom stereocenters. The lowest BCUT2D eigenvalue weighted by Gasteiger charge is -2.14. The topological polar surface area (TPSA) is 148 Å². The van der Waals surface area contributed by atoms with Gasteiger partial charge in [0, 0.05) is 11.8 Å². The summed E-state index contributed by atoms with van der Waals surface area (Å²) in [5, 5.41) is 25.3. The van der Waals surface area contributed by atoms with Gasteiger partial charge in [0.2, 0.25) is 5.91 Å². The van der Waals surface area contributed by atoms with Crippen LogP contribution in [-0.2, 0) is 9.59 Å². The van der Waals surface area contributed by atoms with E-state index in [-0.39, 0.29) is 23.5 Å². The maximum absolute atomic E-state index is 12.0. The lowest BCUT2D eigenvalue weighted by Crippen LogP contribution is -2.40. The molecule has 1 atom stereocenters. The number of aliphatic carboxylic acids is 1. The molecule has 1 amide bonds. The van der Waals surface area contributed by atoms with E-state index in [9.17, 15) is 24.8 Å². The van der Waals surface area contributed by atoms with Crippen LogP contribution in [0, 0.1) is 10.1 Å². The summed E-state index contributed by atoms with van der Waals surface area (Å²) < 4.78 is 0. The smallest absolute Gasteiger partial charge is 0.321 e. The highest BCUT2D eigenvalue weighted by atomic mass is 16.6. The Kier molecular flexibility index (Phi) is 8.34. The van der Waals surface area contributed by atoms with Gasteiger partial charge in [0.25, 0.3) is 5.69 Å². The minimum absolute atomic E-state index is 0.0137. The molecule has 138 valence electrons. The summed E-state index contributed by atoms with van der Waals surface area (Å²) >= 11 is 0. The van der Waals surface area contributed by atoms with Crippen molar-refractivity contribution in [3.63, 3.8) is 0 Å². The first-order valence-corrected chi connectivity index (χ1v) is 8.15. The molecule has 9 nitrogen and oxygen atoms in total. The lowest BCUT2D eigenvalue weighted by atomic mass is 10.1. The third-order valence-corrected chi connectivity index (χ3v) is 3.62. The number of hydrogen-bond donors (Lipinski definition) is 4. The van der Waals surface area contributed by atoms with E-state index in [1.807, 2.05) is 0 Å². The number of carboxylic acids is 1. The van der Waals surface area contributed by atoms with Crippen LogP contribution >= 0.6 is 0 Å². The van der Waals surface area contributed by atoms with Crippen LogP contribution in [-0.4, -0.2) is 34.5 Å². The van der Waals surface area contributed by atoms with Crippen LogP contribution in [0.4, 0.5) is 17.1 Å². The van der Waals surface area contributed by atoms with Crippen molar-refractivity contribution in [1.29, 1.82) is 0 Å². The van der Waals surface area contributed by atoms with Gasteiger partial charge in [-0.1, -0.05) is 26.2 Å². The molecule has 0 aliphatic heterocycles. The van der Waals surface area contributed by atoms with Crippen molar-refractivity contribution < 1.29 is 19.6 Å². The summed E-state index contributed by atoms with van der Waals surface area (Å²) in [7, 11) is 0. The van der Waals surface area contributed by atoms with Crippen molar-refractivity contribution in [2.75, 3.05) is 17.6 Å². The van der Waals surface area contributed by atoms with Gasteiger partial charge < -0.3 is 21.5 Å². The lowest BCUT2D eigenvalue weighted by molar-refractivity contribution is -0.383. The summed E-state index contributed by atoms with van der Waals surface area (Å²) in [4.78, 5) is 33.5. The van der Waals surface area contributed by atoms with Crippen molar-refractivity contribution >= 4 is 28.9 Å². The number of anilines is 2. The van der Waals surface area contributed by atoms with E-state index in [1.165, 1.54) is 12.1 Å². The molecule has 0 aromatic heterocycles. The molecule has 0 aliphatic carbocycles. The number of carbonyl (C=O) groups excluding carboxylic acids is 1. The third kappa shape index (κ3) is 7.17. The van der Waals surface area contributed by atoms with Crippen LogP contribution in [0.15, 0.2) is 18.2 Å². The monoisotopic (exact) mass is 352 g/mol. The van der Waals surface area contributed by atoms with Crippen LogP contribution in [0.25, 0.3) is 0 Å². The molecule has 0 fully saturated rings. The van der Waals surface area contributed by atoms with E-state index >= 15 is 0 Å². The number of amides is 1. The fourth-order valence-corrected chi connectivity index (χ4v) is 2.25. The number of nitrogens with one attached hydrogen (secondary N) is 2. The highest BCUT2D eigenvalue weighted by molar-refractivity contribution is 5.94.